The number of aryl methyl sites for hydroxylation is 1. The molecule has 1 saturated heterocycles. The zero-order chi connectivity index (χ0) is 20.5. The van der Waals surface area contributed by atoms with Crippen molar-refractivity contribution in [1.82, 2.24) is 4.98 Å². The van der Waals surface area contributed by atoms with Gasteiger partial charge in [-0.1, -0.05) is 37.3 Å². The van der Waals surface area contributed by atoms with Crippen LogP contribution in [0.4, 0.5) is 0 Å². The van der Waals surface area contributed by atoms with E-state index in [0.717, 1.165) is 29.3 Å². The molecule has 5 N–H and O–H groups in total. The Balaban J connectivity index is 1.64. The molecule has 1 unspecified atom stereocenters. The van der Waals surface area contributed by atoms with Crippen molar-refractivity contribution >= 4 is 10.9 Å². The number of hydrogen-bond acceptors (Lipinski definition) is 5. The minimum absolute atomic E-state index is 0.438. The first kappa shape index (κ1) is 20.1. The quantitative estimate of drug-likeness (QED) is 0.452. The largest absolute Gasteiger partial charge is 0.394 e. The van der Waals surface area contributed by atoms with Crippen molar-refractivity contribution in [1.29, 1.82) is 0 Å². The molecule has 0 saturated carbocycles. The maximum atomic E-state index is 10.4. The Bertz CT molecular complexity index is 965. The molecular formula is C23H27NO5. The van der Waals surface area contributed by atoms with Gasteiger partial charge in [-0.3, -0.25) is 0 Å². The van der Waals surface area contributed by atoms with Gasteiger partial charge in [0.1, 0.15) is 30.5 Å². The highest BCUT2D eigenvalue weighted by Gasteiger charge is 2.43. The summed E-state index contributed by atoms with van der Waals surface area (Å²) < 4.78 is 5.71. The fraction of sp³-hybridized carbons (Fsp3) is 0.391. The minimum atomic E-state index is -1.38. The van der Waals surface area contributed by atoms with Gasteiger partial charge in [0.15, 0.2) is 0 Å². The van der Waals surface area contributed by atoms with Gasteiger partial charge in [-0.15, -0.1) is 0 Å². The highest BCUT2D eigenvalue weighted by molar-refractivity contribution is 5.84. The Kier molecular flexibility index (Phi) is 5.72. The molecule has 1 aliphatic heterocycles. The Morgan fingerprint density at radius 3 is 2.34 bits per heavy atom. The second-order valence-corrected chi connectivity index (χ2v) is 7.72. The third-order valence-electron chi connectivity index (χ3n) is 5.84. The highest BCUT2D eigenvalue weighted by Crippen LogP contribution is 2.34. The SMILES string of the molecule is CCc1ccc(Cc2c[nH]c3ccc(C4O[C@H](CO)[C@@H](O)[C@H](O)[C@H]4O)cc23)cc1. The third kappa shape index (κ3) is 3.82. The monoisotopic (exact) mass is 397 g/mol. The number of aromatic amines is 1. The molecule has 0 bridgehead atoms. The fourth-order valence-electron chi connectivity index (χ4n) is 4.01. The van der Waals surface area contributed by atoms with E-state index in [2.05, 4.69) is 36.2 Å². The highest BCUT2D eigenvalue weighted by atomic mass is 16.5. The summed E-state index contributed by atoms with van der Waals surface area (Å²) in [6.45, 7) is 1.70. The lowest BCUT2D eigenvalue weighted by Crippen LogP contribution is -2.55. The van der Waals surface area contributed by atoms with Crippen LogP contribution in [0.2, 0.25) is 0 Å². The number of hydrogen-bond donors (Lipinski definition) is 5. The lowest BCUT2D eigenvalue weighted by atomic mass is 9.90. The lowest BCUT2D eigenvalue weighted by Gasteiger charge is -2.40. The smallest absolute Gasteiger partial charge is 0.113 e. The first-order valence-electron chi connectivity index (χ1n) is 10.00. The fourth-order valence-corrected chi connectivity index (χ4v) is 4.01. The molecule has 0 amide bonds. The van der Waals surface area contributed by atoms with Gasteiger partial charge in [0.25, 0.3) is 0 Å². The number of fused-ring (bicyclic) bond motifs is 1. The number of nitrogens with one attached hydrogen (secondary N) is 1. The van der Waals surface area contributed by atoms with Crippen LogP contribution >= 0.6 is 0 Å². The summed E-state index contributed by atoms with van der Waals surface area (Å²) in [6, 6.07) is 14.2. The van der Waals surface area contributed by atoms with Crippen molar-refractivity contribution in [3.05, 3.63) is 70.9 Å². The number of aliphatic hydroxyl groups is 4. The van der Waals surface area contributed by atoms with Gasteiger partial charge in [0.2, 0.25) is 0 Å². The van der Waals surface area contributed by atoms with Gasteiger partial charge in [-0.05, 0) is 47.2 Å². The molecule has 2 aromatic carbocycles. The number of benzene rings is 2. The molecule has 1 fully saturated rings. The number of aliphatic hydroxyl groups excluding tert-OH is 4. The van der Waals surface area contributed by atoms with Gasteiger partial charge >= 0.3 is 0 Å². The Morgan fingerprint density at radius 1 is 0.931 bits per heavy atom. The molecule has 154 valence electrons. The third-order valence-corrected chi connectivity index (χ3v) is 5.84. The second-order valence-electron chi connectivity index (χ2n) is 7.72. The average molecular weight is 397 g/mol. The Labute approximate surface area is 169 Å². The van der Waals surface area contributed by atoms with E-state index in [1.807, 2.05) is 24.4 Å². The summed E-state index contributed by atoms with van der Waals surface area (Å²) in [6.07, 6.45) is -2.02. The number of rotatable bonds is 5. The molecule has 1 aliphatic rings. The molecule has 29 heavy (non-hydrogen) atoms. The molecule has 6 nitrogen and oxygen atoms in total. The van der Waals surface area contributed by atoms with Crippen LogP contribution in [-0.2, 0) is 17.6 Å². The zero-order valence-electron chi connectivity index (χ0n) is 16.3. The summed E-state index contributed by atoms with van der Waals surface area (Å²) in [4.78, 5) is 3.28. The summed E-state index contributed by atoms with van der Waals surface area (Å²) in [5, 5.41) is 41.0. The van der Waals surface area contributed by atoms with Crippen LogP contribution in [0.3, 0.4) is 0 Å². The summed E-state index contributed by atoms with van der Waals surface area (Å²) in [5.74, 6) is 0. The molecule has 0 spiro atoms. The Hall–Kier alpha value is -2.22. The normalized spacial score (nSPS) is 27.4. The molecule has 5 atom stereocenters. The Morgan fingerprint density at radius 2 is 1.66 bits per heavy atom. The molecule has 1 aromatic heterocycles. The summed E-state index contributed by atoms with van der Waals surface area (Å²) in [5.41, 5.74) is 5.30. The van der Waals surface area contributed by atoms with Gasteiger partial charge in [-0.25, -0.2) is 0 Å². The molecule has 0 aliphatic carbocycles. The summed E-state index contributed by atoms with van der Waals surface area (Å²) >= 11 is 0. The van der Waals surface area contributed by atoms with Crippen molar-refractivity contribution in [3.8, 4) is 0 Å². The predicted octanol–water partition coefficient (Wildman–Crippen LogP) is 1.84. The van der Waals surface area contributed by atoms with Gasteiger partial charge in [0.05, 0.1) is 6.61 Å². The van der Waals surface area contributed by atoms with Gasteiger partial charge in [0, 0.05) is 17.1 Å². The van der Waals surface area contributed by atoms with E-state index in [0.29, 0.717) is 5.56 Å². The van der Waals surface area contributed by atoms with Crippen LogP contribution in [0.15, 0.2) is 48.7 Å². The van der Waals surface area contributed by atoms with Crippen LogP contribution < -0.4 is 0 Å². The van der Waals surface area contributed by atoms with Crippen LogP contribution in [0.5, 0.6) is 0 Å². The topological polar surface area (TPSA) is 106 Å². The predicted molar refractivity (Wildman–Crippen MR) is 110 cm³/mol. The van der Waals surface area contributed by atoms with E-state index in [-0.39, 0.29) is 0 Å². The lowest BCUT2D eigenvalue weighted by molar-refractivity contribution is -0.231. The van der Waals surface area contributed by atoms with Crippen LogP contribution in [0, 0.1) is 0 Å². The maximum absolute atomic E-state index is 10.4. The molecule has 4 rings (SSSR count). The van der Waals surface area contributed by atoms with Crippen molar-refractivity contribution in [2.75, 3.05) is 6.61 Å². The van der Waals surface area contributed by atoms with E-state index in [4.69, 9.17) is 4.74 Å². The first-order valence-corrected chi connectivity index (χ1v) is 10.00. The zero-order valence-corrected chi connectivity index (χ0v) is 16.3. The maximum Gasteiger partial charge on any atom is 0.113 e. The van der Waals surface area contributed by atoms with E-state index >= 15 is 0 Å². The molecule has 0 radical (unpaired) electrons. The molecule has 3 aromatic rings. The van der Waals surface area contributed by atoms with Crippen molar-refractivity contribution in [2.45, 2.75) is 50.3 Å². The van der Waals surface area contributed by atoms with E-state index in [1.165, 1.54) is 11.1 Å². The standard InChI is InChI=1S/C23H27NO5/c1-2-13-3-5-14(6-4-13)9-16-11-24-18-8-7-15(10-17(16)18)23-22(28)21(27)20(26)19(12-25)29-23/h3-8,10-11,19-28H,2,9,12H2,1H3/t19-,20-,21+,22-,23?/m1/s1. The van der Waals surface area contributed by atoms with Crippen molar-refractivity contribution < 1.29 is 25.2 Å². The van der Waals surface area contributed by atoms with Crippen molar-refractivity contribution in [3.63, 3.8) is 0 Å². The molecule has 2 heterocycles. The molecular weight excluding hydrogens is 370 g/mol. The van der Waals surface area contributed by atoms with Crippen LogP contribution in [0.25, 0.3) is 10.9 Å². The van der Waals surface area contributed by atoms with Crippen molar-refractivity contribution in [2.24, 2.45) is 0 Å². The summed E-state index contributed by atoms with van der Waals surface area (Å²) in [7, 11) is 0. The minimum Gasteiger partial charge on any atom is -0.394 e. The van der Waals surface area contributed by atoms with E-state index < -0.39 is 37.1 Å². The molecule has 6 heteroatoms. The number of aromatic nitrogens is 1. The number of H-pyrrole nitrogens is 1. The second kappa shape index (κ2) is 8.26. The average Bonchev–Trinajstić information content (AvgIpc) is 3.15. The van der Waals surface area contributed by atoms with E-state index in [9.17, 15) is 20.4 Å². The van der Waals surface area contributed by atoms with Crippen LogP contribution in [-0.4, -0.2) is 56.4 Å². The first-order chi connectivity index (χ1) is 14.0. The van der Waals surface area contributed by atoms with E-state index in [1.54, 1.807) is 0 Å². The van der Waals surface area contributed by atoms with Gasteiger partial charge in [-0.2, -0.15) is 0 Å². The van der Waals surface area contributed by atoms with Gasteiger partial charge < -0.3 is 30.1 Å². The van der Waals surface area contributed by atoms with Crippen LogP contribution in [0.1, 0.15) is 35.3 Å². The number of ether oxygens (including phenoxy) is 1.